The summed E-state index contributed by atoms with van der Waals surface area (Å²) in [7, 11) is 0. The molecule has 1 atom stereocenters. The van der Waals surface area contributed by atoms with Crippen LogP contribution in [0, 0.1) is 5.92 Å². The molecule has 1 N–H and O–H groups in total. The van der Waals surface area contributed by atoms with Crippen LogP contribution < -0.4 is 0 Å². The molecule has 0 radical (unpaired) electrons. The number of esters is 1. The van der Waals surface area contributed by atoms with Gasteiger partial charge in [0.1, 0.15) is 11.3 Å². The number of phenols is 1. The molecule has 1 fully saturated rings. The molecule has 1 aliphatic rings. The molecule has 6 heteroatoms. The number of carbonyl (C=O) groups is 2. The van der Waals surface area contributed by atoms with Crippen molar-refractivity contribution in [3.05, 3.63) is 30.0 Å². The molecule has 1 saturated heterocycles. The van der Waals surface area contributed by atoms with Crippen LogP contribution in [0.4, 0.5) is 0 Å². The van der Waals surface area contributed by atoms with E-state index < -0.39 is 5.97 Å². The number of rotatable bonds is 4. The number of benzene rings is 1. The zero-order chi connectivity index (χ0) is 17.1. The Morgan fingerprint density at radius 2 is 2.25 bits per heavy atom. The van der Waals surface area contributed by atoms with Gasteiger partial charge in [0, 0.05) is 30.1 Å². The predicted octanol–water partition coefficient (Wildman–Crippen LogP) is 2.48. The lowest BCUT2D eigenvalue weighted by molar-refractivity contribution is -0.152. The first-order chi connectivity index (χ1) is 11.5. The second kappa shape index (κ2) is 6.95. The molecule has 2 heterocycles. The molecule has 3 rings (SSSR count). The van der Waals surface area contributed by atoms with Gasteiger partial charge in [0.05, 0.1) is 12.7 Å². The fourth-order valence-corrected chi connectivity index (χ4v) is 3.06. The van der Waals surface area contributed by atoms with Gasteiger partial charge in [0.2, 0.25) is 0 Å². The minimum absolute atomic E-state index is 0.0292. The average Bonchev–Trinajstić information content (AvgIpc) is 2.94. The molecule has 1 amide bonds. The van der Waals surface area contributed by atoms with Crippen LogP contribution in [0.2, 0.25) is 0 Å². The number of amides is 1. The van der Waals surface area contributed by atoms with Crippen molar-refractivity contribution in [2.45, 2.75) is 26.2 Å². The van der Waals surface area contributed by atoms with Gasteiger partial charge < -0.3 is 19.2 Å². The van der Waals surface area contributed by atoms with Crippen LogP contribution >= 0.6 is 0 Å². The molecule has 2 aromatic rings. The first kappa shape index (κ1) is 16.4. The molecular weight excluding hydrogens is 310 g/mol. The van der Waals surface area contributed by atoms with Crippen molar-refractivity contribution < 1.29 is 23.8 Å². The Labute approximate surface area is 140 Å². The van der Waals surface area contributed by atoms with Crippen LogP contribution in [0.3, 0.4) is 0 Å². The molecule has 6 nitrogen and oxygen atoms in total. The lowest BCUT2D eigenvalue weighted by atomic mass is 10.0. The highest BCUT2D eigenvalue weighted by Crippen LogP contribution is 2.25. The Bertz CT molecular complexity index is 751. The highest BCUT2D eigenvalue weighted by Gasteiger charge is 2.22. The topological polar surface area (TPSA) is 80.0 Å². The minimum atomic E-state index is -0.468. The minimum Gasteiger partial charge on any atom is -0.508 e. The number of ether oxygens (including phenoxy) is 1. The normalized spacial score (nSPS) is 17.9. The maximum Gasteiger partial charge on any atom is 0.310 e. The second-order valence-corrected chi connectivity index (χ2v) is 6.37. The third kappa shape index (κ3) is 3.69. The number of nitrogens with zero attached hydrogens (tertiary/aromatic N) is 1. The van der Waals surface area contributed by atoms with Crippen LogP contribution in [0.25, 0.3) is 11.0 Å². The predicted molar refractivity (Wildman–Crippen MR) is 87.5 cm³/mol. The summed E-state index contributed by atoms with van der Waals surface area (Å²) in [5.41, 5.74) is 1.19. The maximum atomic E-state index is 12.1. The number of piperidine rings is 1. The summed E-state index contributed by atoms with van der Waals surface area (Å²) >= 11 is 0. The molecule has 1 aromatic carbocycles. The molecule has 0 unspecified atom stereocenters. The van der Waals surface area contributed by atoms with Gasteiger partial charge >= 0.3 is 5.97 Å². The van der Waals surface area contributed by atoms with E-state index in [4.69, 9.17) is 9.15 Å². The molecule has 0 saturated carbocycles. The third-order valence-electron chi connectivity index (χ3n) is 4.34. The van der Waals surface area contributed by atoms with Crippen molar-refractivity contribution in [1.29, 1.82) is 0 Å². The van der Waals surface area contributed by atoms with Crippen LogP contribution in [0.5, 0.6) is 5.75 Å². The van der Waals surface area contributed by atoms with Crippen LogP contribution in [0.1, 0.15) is 25.3 Å². The summed E-state index contributed by atoms with van der Waals surface area (Å²) in [5.74, 6) is -0.0134. The van der Waals surface area contributed by atoms with Crippen LogP contribution in [-0.2, 0) is 20.7 Å². The number of phenolic OH excluding ortho intramolecular Hbond substituents is 1. The summed E-state index contributed by atoms with van der Waals surface area (Å²) in [6.45, 7) is 3.36. The summed E-state index contributed by atoms with van der Waals surface area (Å²) in [6.07, 6.45) is 3.63. The van der Waals surface area contributed by atoms with Crippen molar-refractivity contribution in [3.63, 3.8) is 0 Å². The SMILES string of the molecule is C[C@H]1CCCN(C(=O)COC(=O)Cc2coc3cc(O)ccc23)C1. The average molecular weight is 331 g/mol. The van der Waals surface area contributed by atoms with E-state index in [1.54, 1.807) is 11.0 Å². The fraction of sp³-hybridized carbons (Fsp3) is 0.444. The number of furan rings is 1. The summed E-state index contributed by atoms with van der Waals surface area (Å²) in [6, 6.07) is 4.72. The Kier molecular flexibility index (Phi) is 4.74. The lowest BCUT2D eigenvalue weighted by Crippen LogP contribution is -2.41. The molecular formula is C18H21NO5. The van der Waals surface area contributed by atoms with E-state index in [0.29, 0.717) is 17.1 Å². The van der Waals surface area contributed by atoms with E-state index >= 15 is 0 Å². The fourth-order valence-electron chi connectivity index (χ4n) is 3.06. The monoisotopic (exact) mass is 331 g/mol. The van der Waals surface area contributed by atoms with Crippen molar-refractivity contribution in [3.8, 4) is 5.75 Å². The Morgan fingerprint density at radius 1 is 1.42 bits per heavy atom. The Balaban J connectivity index is 1.54. The smallest absolute Gasteiger partial charge is 0.310 e. The molecule has 0 spiro atoms. The summed E-state index contributed by atoms with van der Waals surface area (Å²) in [5, 5.41) is 10.2. The molecule has 24 heavy (non-hydrogen) atoms. The summed E-state index contributed by atoms with van der Waals surface area (Å²) in [4.78, 5) is 25.9. The zero-order valence-electron chi connectivity index (χ0n) is 13.7. The first-order valence-electron chi connectivity index (χ1n) is 8.15. The van der Waals surface area contributed by atoms with Gasteiger partial charge in [-0.2, -0.15) is 0 Å². The Morgan fingerprint density at radius 3 is 3.04 bits per heavy atom. The van der Waals surface area contributed by atoms with E-state index in [9.17, 15) is 14.7 Å². The number of hydrogen-bond acceptors (Lipinski definition) is 5. The lowest BCUT2D eigenvalue weighted by Gasteiger charge is -2.30. The van der Waals surface area contributed by atoms with Gasteiger partial charge in [-0.15, -0.1) is 0 Å². The quantitative estimate of drug-likeness (QED) is 0.871. The molecule has 128 valence electrons. The van der Waals surface area contributed by atoms with E-state index in [-0.39, 0.29) is 24.7 Å². The van der Waals surface area contributed by atoms with Crippen molar-refractivity contribution >= 4 is 22.8 Å². The number of carbonyl (C=O) groups excluding carboxylic acids is 2. The van der Waals surface area contributed by atoms with Gasteiger partial charge in [-0.05, 0) is 30.9 Å². The van der Waals surface area contributed by atoms with Crippen LogP contribution in [0.15, 0.2) is 28.9 Å². The number of fused-ring (bicyclic) bond motifs is 1. The largest absolute Gasteiger partial charge is 0.508 e. The van der Waals surface area contributed by atoms with Crippen LogP contribution in [-0.4, -0.2) is 41.6 Å². The van der Waals surface area contributed by atoms with Gasteiger partial charge in [0.25, 0.3) is 5.91 Å². The molecule has 1 aromatic heterocycles. The summed E-state index contributed by atoms with van der Waals surface area (Å²) < 4.78 is 10.4. The van der Waals surface area contributed by atoms with Gasteiger partial charge in [-0.1, -0.05) is 6.92 Å². The van der Waals surface area contributed by atoms with E-state index in [1.165, 1.54) is 18.4 Å². The molecule has 0 bridgehead atoms. The maximum absolute atomic E-state index is 12.1. The van der Waals surface area contributed by atoms with Crippen molar-refractivity contribution in [1.82, 2.24) is 4.90 Å². The van der Waals surface area contributed by atoms with Gasteiger partial charge in [0.15, 0.2) is 6.61 Å². The molecule has 0 aliphatic carbocycles. The van der Waals surface area contributed by atoms with E-state index in [1.807, 2.05) is 0 Å². The van der Waals surface area contributed by atoms with Crippen molar-refractivity contribution in [2.75, 3.05) is 19.7 Å². The highest BCUT2D eigenvalue weighted by atomic mass is 16.5. The first-order valence-corrected chi connectivity index (χ1v) is 8.15. The number of likely N-dealkylation sites (tertiary alicyclic amines) is 1. The highest BCUT2D eigenvalue weighted by molar-refractivity contribution is 5.87. The molecule has 1 aliphatic heterocycles. The van der Waals surface area contributed by atoms with Crippen molar-refractivity contribution in [2.24, 2.45) is 5.92 Å². The van der Waals surface area contributed by atoms with Gasteiger partial charge in [-0.3, -0.25) is 9.59 Å². The third-order valence-corrected chi connectivity index (χ3v) is 4.34. The van der Waals surface area contributed by atoms with E-state index in [2.05, 4.69) is 6.92 Å². The second-order valence-electron chi connectivity index (χ2n) is 6.37. The zero-order valence-corrected chi connectivity index (χ0v) is 13.7. The number of aromatic hydroxyl groups is 1. The van der Waals surface area contributed by atoms with E-state index in [0.717, 1.165) is 31.3 Å². The number of hydrogen-bond donors (Lipinski definition) is 1. The Hall–Kier alpha value is -2.50. The standard InChI is InChI=1S/C18H21NO5/c1-12-3-2-6-19(9-12)17(21)11-24-18(22)7-13-10-23-16-8-14(20)4-5-15(13)16/h4-5,8,10,12,20H,2-3,6-7,9,11H2,1H3/t12-/m0/s1. The van der Waals surface area contributed by atoms with Gasteiger partial charge in [-0.25, -0.2) is 0 Å².